The van der Waals surface area contributed by atoms with Gasteiger partial charge in [0.2, 0.25) is 0 Å². The van der Waals surface area contributed by atoms with Gasteiger partial charge in [-0.2, -0.15) is 0 Å². The van der Waals surface area contributed by atoms with Gasteiger partial charge >= 0.3 is 0 Å². The minimum Gasteiger partial charge on any atom is -0.497 e. The van der Waals surface area contributed by atoms with Crippen LogP contribution in [0.5, 0.6) is 5.75 Å². The van der Waals surface area contributed by atoms with Crippen molar-refractivity contribution in [2.24, 2.45) is 0 Å². The Morgan fingerprint density at radius 3 is 2.53 bits per heavy atom. The second-order valence-corrected chi connectivity index (χ2v) is 9.49. The minimum atomic E-state index is -0.121. The molecule has 2 heterocycles. The van der Waals surface area contributed by atoms with Crippen LogP contribution in [0.25, 0.3) is 10.9 Å². The topological polar surface area (TPSA) is 69.0 Å². The average Bonchev–Trinajstić information content (AvgIpc) is 3.36. The number of nitrogens with zero attached hydrogens (tertiary/aromatic N) is 2. The van der Waals surface area contributed by atoms with Crippen LogP contribution in [0.3, 0.4) is 0 Å². The molecule has 1 N–H and O–H groups in total. The van der Waals surface area contributed by atoms with E-state index in [1.54, 1.807) is 46.7 Å². The van der Waals surface area contributed by atoms with Crippen LogP contribution in [0, 0.1) is 6.92 Å². The number of H-pyrrole nitrogens is 1. The number of nitrogens with one attached hydrogen (secondary N) is 1. The van der Waals surface area contributed by atoms with E-state index in [0.717, 1.165) is 59.3 Å². The molecule has 0 atom stereocenters. The molecular formula is C27H28ClN3O3. The predicted octanol–water partition coefficient (Wildman–Crippen LogP) is 5.89. The number of carbonyl (C=O) groups is 1. The Morgan fingerprint density at radius 2 is 1.82 bits per heavy atom. The first kappa shape index (κ1) is 22.5. The van der Waals surface area contributed by atoms with Crippen LogP contribution in [-0.2, 0) is 6.42 Å². The highest BCUT2D eigenvalue weighted by molar-refractivity contribution is 6.30. The monoisotopic (exact) mass is 477 g/mol. The molecule has 1 fully saturated rings. The Kier molecular flexibility index (Phi) is 6.09. The van der Waals surface area contributed by atoms with Crippen LogP contribution < -0.4 is 10.3 Å². The van der Waals surface area contributed by atoms with Gasteiger partial charge in [-0.3, -0.25) is 19.3 Å². The lowest BCUT2D eigenvalue weighted by atomic mass is 9.96. The molecule has 6 nitrogen and oxygen atoms in total. The second kappa shape index (κ2) is 9.18. The van der Waals surface area contributed by atoms with E-state index in [4.69, 9.17) is 16.3 Å². The molecule has 34 heavy (non-hydrogen) atoms. The van der Waals surface area contributed by atoms with E-state index in [1.165, 1.54) is 6.42 Å². The number of methoxy groups -OCH3 is 1. The third-order valence-electron chi connectivity index (χ3n) is 6.94. The molecule has 7 heteroatoms. The number of halogens is 1. The number of fused-ring (bicyclic) bond motifs is 1. The molecule has 176 valence electrons. The van der Waals surface area contributed by atoms with Gasteiger partial charge in [-0.05, 0) is 67.8 Å². The lowest BCUT2D eigenvalue weighted by Gasteiger charge is -2.22. The zero-order valence-corrected chi connectivity index (χ0v) is 20.2. The maximum absolute atomic E-state index is 13.5. The van der Waals surface area contributed by atoms with Crippen molar-refractivity contribution in [1.82, 2.24) is 14.3 Å². The quantitative estimate of drug-likeness (QED) is 0.390. The van der Waals surface area contributed by atoms with Crippen molar-refractivity contribution in [3.8, 4) is 5.75 Å². The van der Waals surface area contributed by atoms with Crippen LogP contribution in [0.1, 0.15) is 65.5 Å². The van der Waals surface area contributed by atoms with Crippen molar-refractivity contribution in [1.29, 1.82) is 0 Å². The Bertz CT molecular complexity index is 1410. The molecule has 1 aliphatic rings. The van der Waals surface area contributed by atoms with Crippen LogP contribution >= 0.6 is 11.6 Å². The van der Waals surface area contributed by atoms with E-state index in [0.29, 0.717) is 17.0 Å². The van der Waals surface area contributed by atoms with Crippen molar-refractivity contribution in [3.63, 3.8) is 0 Å². The van der Waals surface area contributed by atoms with Crippen LogP contribution in [0.15, 0.2) is 53.3 Å². The van der Waals surface area contributed by atoms with Gasteiger partial charge in [0.25, 0.3) is 11.5 Å². The molecule has 4 aromatic rings. The number of aromatic nitrogens is 3. The summed E-state index contributed by atoms with van der Waals surface area (Å²) in [6.07, 6.45) is 6.14. The molecule has 0 spiro atoms. The first-order valence-corrected chi connectivity index (χ1v) is 12.1. The fourth-order valence-electron chi connectivity index (χ4n) is 5.15. The smallest absolute Gasteiger partial charge is 0.266 e. The summed E-state index contributed by atoms with van der Waals surface area (Å²) in [6.45, 7) is 1.95. The van der Waals surface area contributed by atoms with Gasteiger partial charge < -0.3 is 4.74 Å². The molecule has 0 bridgehead atoms. The summed E-state index contributed by atoms with van der Waals surface area (Å²) in [4.78, 5) is 26.3. The standard InChI is InChI=1S/C27H28ClN3O3/c1-17-23(14-20-15-26(32)31(29-20)21-6-4-3-5-7-21)24-16-22(34-2)12-13-25(24)30(17)27(33)18-8-10-19(28)11-9-18/h8-13,15-16,21,29H,3-7,14H2,1-2H3. The van der Waals surface area contributed by atoms with Gasteiger partial charge in [-0.25, -0.2) is 4.68 Å². The number of ether oxygens (including phenoxy) is 1. The van der Waals surface area contributed by atoms with Crippen LogP contribution in [0.4, 0.5) is 0 Å². The summed E-state index contributed by atoms with van der Waals surface area (Å²) >= 11 is 6.02. The third-order valence-corrected chi connectivity index (χ3v) is 7.19. The summed E-state index contributed by atoms with van der Waals surface area (Å²) in [5.41, 5.74) is 4.06. The number of benzene rings is 2. The van der Waals surface area contributed by atoms with E-state index in [1.807, 2.05) is 25.1 Å². The fraction of sp³-hybridized carbons (Fsp3) is 0.333. The molecular weight excluding hydrogens is 450 g/mol. The maximum atomic E-state index is 13.5. The van der Waals surface area contributed by atoms with Gasteiger partial charge in [0, 0.05) is 39.8 Å². The molecule has 0 saturated heterocycles. The van der Waals surface area contributed by atoms with E-state index in [2.05, 4.69) is 5.10 Å². The highest BCUT2D eigenvalue weighted by atomic mass is 35.5. The molecule has 2 aromatic carbocycles. The fourth-order valence-corrected chi connectivity index (χ4v) is 5.27. The van der Waals surface area contributed by atoms with Gasteiger partial charge in [0.15, 0.2) is 0 Å². The lowest BCUT2D eigenvalue weighted by molar-refractivity contribution is 0.0963. The van der Waals surface area contributed by atoms with Crippen molar-refractivity contribution in [2.45, 2.75) is 51.5 Å². The molecule has 0 amide bonds. The van der Waals surface area contributed by atoms with Crippen LogP contribution in [-0.4, -0.2) is 27.4 Å². The number of rotatable bonds is 5. The normalized spacial score (nSPS) is 14.6. The van der Waals surface area contributed by atoms with E-state index >= 15 is 0 Å². The van der Waals surface area contributed by atoms with Gasteiger partial charge in [0.05, 0.1) is 18.7 Å². The second-order valence-electron chi connectivity index (χ2n) is 9.05. The Labute approximate surface area is 203 Å². The summed E-state index contributed by atoms with van der Waals surface area (Å²) in [5.74, 6) is 0.599. The van der Waals surface area contributed by atoms with Crippen molar-refractivity contribution >= 4 is 28.4 Å². The first-order valence-electron chi connectivity index (χ1n) is 11.7. The molecule has 0 radical (unpaired) electrons. The van der Waals surface area contributed by atoms with Crippen molar-refractivity contribution < 1.29 is 9.53 Å². The van der Waals surface area contributed by atoms with Gasteiger partial charge in [-0.1, -0.05) is 30.9 Å². The minimum absolute atomic E-state index is 0.0121. The first-order chi connectivity index (χ1) is 16.5. The Balaban J connectivity index is 1.58. The number of aromatic amines is 1. The van der Waals surface area contributed by atoms with E-state index in [9.17, 15) is 9.59 Å². The lowest BCUT2D eigenvalue weighted by Crippen LogP contribution is -2.23. The Hall–Kier alpha value is -3.25. The summed E-state index contributed by atoms with van der Waals surface area (Å²) in [7, 11) is 1.63. The van der Waals surface area contributed by atoms with Gasteiger partial charge in [0.1, 0.15) is 5.75 Å². The molecule has 0 aliphatic heterocycles. The number of hydrogen-bond acceptors (Lipinski definition) is 3. The number of hydrogen-bond donors (Lipinski definition) is 1. The van der Waals surface area contributed by atoms with E-state index < -0.39 is 0 Å². The zero-order valence-electron chi connectivity index (χ0n) is 19.4. The number of carbonyl (C=O) groups excluding carboxylic acids is 1. The SMILES string of the molecule is COc1ccc2c(c1)c(Cc1cc(=O)n(C3CCCCC3)[nH]1)c(C)n2C(=O)c1ccc(Cl)cc1. The molecule has 1 saturated carbocycles. The highest BCUT2D eigenvalue weighted by Crippen LogP contribution is 2.32. The van der Waals surface area contributed by atoms with Crippen LogP contribution in [0.2, 0.25) is 5.02 Å². The van der Waals surface area contributed by atoms with Crippen molar-refractivity contribution in [2.75, 3.05) is 7.11 Å². The summed E-state index contributed by atoms with van der Waals surface area (Å²) < 4.78 is 9.00. The predicted molar refractivity (Wildman–Crippen MR) is 134 cm³/mol. The third kappa shape index (κ3) is 4.07. The Morgan fingerprint density at radius 1 is 1.09 bits per heavy atom. The highest BCUT2D eigenvalue weighted by Gasteiger charge is 2.23. The molecule has 2 aromatic heterocycles. The zero-order chi connectivity index (χ0) is 23.8. The molecule has 1 aliphatic carbocycles. The molecule has 0 unspecified atom stereocenters. The largest absolute Gasteiger partial charge is 0.497 e. The van der Waals surface area contributed by atoms with E-state index in [-0.39, 0.29) is 17.5 Å². The molecule has 5 rings (SSSR count). The maximum Gasteiger partial charge on any atom is 0.266 e. The summed E-state index contributed by atoms with van der Waals surface area (Å²) in [5, 5.41) is 4.88. The van der Waals surface area contributed by atoms with Crippen molar-refractivity contribution in [3.05, 3.63) is 86.4 Å². The van der Waals surface area contributed by atoms with Gasteiger partial charge in [-0.15, -0.1) is 0 Å². The average molecular weight is 478 g/mol. The summed E-state index contributed by atoms with van der Waals surface area (Å²) in [6, 6.07) is 14.6.